The van der Waals surface area contributed by atoms with Crippen LogP contribution in [0.15, 0.2) is 84.9 Å². The average molecular weight is 828 g/mol. The molecule has 3 aromatic carbocycles. The molecule has 1 aromatic heterocycles. The first-order valence-corrected chi connectivity index (χ1v) is 21.2. The summed E-state index contributed by atoms with van der Waals surface area (Å²) in [5.41, 5.74) is 6.20. The van der Waals surface area contributed by atoms with Crippen LogP contribution >= 0.6 is 7.60 Å². The fraction of sp³-hybridized carbons (Fsp3) is 0.381. The van der Waals surface area contributed by atoms with Gasteiger partial charge in [-0.25, -0.2) is 0 Å². The lowest BCUT2D eigenvalue weighted by Gasteiger charge is -2.40. The number of fused-ring (bicyclic) bond motifs is 2. The van der Waals surface area contributed by atoms with E-state index in [2.05, 4.69) is 20.9 Å². The van der Waals surface area contributed by atoms with Crippen molar-refractivity contribution in [3.8, 4) is 0 Å². The SMILES string of the molecule is CC(C)N1CC[C@H]2CC[C@@H](C(=O)N[C@@H](CCC(N)=O)C(=O)NC(c3ccccc3)c3ccccc3)N2C(=O)[C@@H](NC(=O)c2cc3cc(C(=O)P(=O)(O)O)ccc3n2C)C1. The van der Waals surface area contributed by atoms with Gasteiger partial charge in [0, 0.05) is 55.1 Å². The van der Waals surface area contributed by atoms with E-state index in [1.54, 1.807) is 11.6 Å². The minimum Gasteiger partial charge on any atom is -0.370 e. The van der Waals surface area contributed by atoms with E-state index in [0.29, 0.717) is 36.7 Å². The molecule has 5 amide bonds. The second-order valence-corrected chi connectivity index (χ2v) is 16.9. The molecule has 0 saturated carbocycles. The summed E-state index contributed by atoms with van der Waals surface area (Å²) in [5.74, 6) is -2.82. The number of amides is 5. The summed E-state index contributed by atoms with van der Waals surface area (Å²) in [6, 6.07) is 20.1. The van der Waals surface area contributed by atoms with Crippen LogP contribution in [0.2, 0.25) is 0 Å². The Labute approximate surface area is 341 Å². The molecule has 59 heavy (non-hydrogen) atoms. The molecule has 0 unspecified atom stereocenters. The zero-order chi connectivity index (χ0) is 42.6. The van der Waals surface area contributed by atoms with E-state index >= 15 is 0 Å². The summed E-state index contributed by atoms with van der Waals surface area (Å²) in [5, 5.41) is 9.16. The van der Waals surface area contributed by atoms with E-state index < -0.39 is 66.8 Å². The monoisotopic (exact) mass is 827 g/mol. The van der Waals surface area contributed by atoms with Gasteiger partial charge in [0.15, 0.2) is 0 Å². The van der Waals surface area contributed by atoms with Crippen molar-refractivity contribution in [3.63, 3.8) is 0 Å². The molecule has 0 radical (unpaired) electrons. The highest BCUT2D eigenvalue weighted by atomic mass is 31.2. The normalized spacial score (nSPS) is 19.2. The highest BCUT2D eigenvalue weighted by Crippen LogP contribution is 2.39. The van der Waals surface area contributed by atoms with Crippen LogP contribution in [-0.4, -0.2) is 103 Å². The van der Waals surface area contributed by atoms with Gasteiger partial charge in [0.1, 0.15) is 23.8 Å². The first-order valence-electron chi connectivity index (χ1n) is 19.6. The standard InChI is InChI=1S/C42H50N7O9P/c1-25(2)48-21-20-30-15-18-34(39(52)44-31(16-19-36(43)50)38(51)46-37(26-10-6-4-7-11-26)27-12-8-5-9-13-27)49(30)41(54)32(24-48)45-40(53)35-23-29-22-28(42(55)59(56,57)58)14-17-33(29)47(35)3/h4-14,17,22-23,25,30-32,34,37H,15-16,18-21,24H2,1-3H3,(H2,43,50)(H,44,52)(H,45,53)(H,46,51)(H2,56,57,58)/t30-,31+,32+,34+/m1/s1. The van der Waals surface area contributed by atoms with Crippen molar-refractivity contribution in [2.45, 2.75) is 82.2 Å². The molecule has 3 heterocycles. The van der Waals surface area contributed by atoms with Crippen LogP contribution in [0.4, 0.5) is 0 Å². The third kappa shape index (κ3) is 9.80. The Balaban J connectivity index is 1.24. The summed E-state index contributed by atoms with van der Waals surface area (Å²) in [7, 11) is -3.43. The maximum Gasteiger partial charge on any atom is 0.396 e. The number of rotatable bonds is 14. The van der Waals surface area contributed by atoms with Crippen molar-refractivity contribution in [1.29, 1.82) is 0 Å². The number of carbonyl (C=O) groups is 6. The minimum atomic E-state index is -5.04. The lowest BCUT2D eigenvalue weighted by atomic mass is 9.98. The zero-order valence-corrected chi connectivity index (χ0v) is 34.0. The van der Waals surface area contributed by atoms with Gasteiger partial charge in [-0.05, 0) is 74.9 Å². The molecule has 17 heteroatoms. The first kappa shape index (κ1) is 42.9. The van der Waals surface area contributed by atoms with E-state index in [1.165, 1.54) is 29.2 Å². The third-order valence-corrected chi connectivity index (χ3v) is 12.0. The smallest absolute Gasteiger partial charge is 0.370 e. The topological polar surface area (TPSA) is 233 Å². The summed E-state index contributed by atoms with van der Waals surface area (Å²) in [6.07, 6.45) is 1.15. The molecule has 312 valence electrons. The molecule has 2 aliphatic rings. The molecule has 16 nitrogen and oxygen atoms in total. The summed E-state index contributed by atoms with van der Waals surface area (Å²) < 4.78 is 13.2. The lowest BCUT2D eigenvalue weighted by Crippen LogP contribution is -2.62. The number of hydrogen-bond donors (Lipinski definition) is 6. The molecule has 4 atom stereocenters. The van der Waals surface area contributed by atoms with Crippen LogP contribution in [0.3, 0.4) is 0 Å². The fourth-order valence-electron chi connectivity index (χ4n) is 8.05. The van der Waals surface area contributed by atoms with Gasteiger partial charge >= 0.3 is 7.60 Å². The molecule has 2 fully saturated rings. The van der Waals surface area contributed by atoms with Gasteiger partial charge in [-0.1, -0.05) is 60.7 Å². The number of aromatic nitrogens is 1. The molecular weight excluding hydrogens is 777 g/mol. The number of benzene rings is 3. The second-order valence-electron chi connectivity index (χ2n) is 15.4. The molecule has 4 aromatic rings. The average Bonchev–Trinajstić information content (AvgIpc) is 3.78. The van der Waals surface area contributed by atoms with E-state index in [1.807, 2.05) is 74.5 Å². The number of nitrogens with zero attached hydrogens (tertiary/aromatic N) is 3. The number of hydrogen-bond acceptors (Lipinski definition) is 8. The van der Waals surface area contributed by atoms with Crippen LogP contribution in [-0.2, 0) is 30.8 Å². The minimum absolute atomic E-state index is 0.0250. The number of nitrogens with one attached hydrogen (secondary N) is 3. The highest BCUT2D eigenvalue weighted by molar-refractivity contribution is 7.70. The van der Waals surface area contributed by atoms with Gasteiger partial charge in [-0.15, -0.1) is 0 Å². The largest absolute Gasteiger partial charge is 0.396 e. The quantitative estimate of drug-likeness (QED) is 0.102. The summed E-state index contributed by atoms with van der Waals surface area (Å²) in [6.45, 7) is 4.72. The van der Waals surface area contributed by atoms with E-state index in [4.69, 9.17) is 5.73 Å². The van der Waals surface area contributed by atoms with Crippen LogP contribution in [0.25, 0.3) is 10.9 Å². The number of nitrogens with two attached hydrogens (primary N) is 1. The highest BCUT2D eigenvalue weighted by Gasteiger charge is 2.46. The van der Waals surface area contributed by atoms with Crippen molar-refractivity contribution in [1.82, 2.24) is 30.3 Å². The Morgan fingerprint density at radius 2 is 1.53 bits per heavy atom. The summed E-state index contributed by atoms with van der Waals surface area (Å²) >= 11 is 0. The molecule has 2 saturated heterocycles. The van der Waals surface area contributed by atoms with Crippen LogP contribution in [0, 0.1) is 0 Å². The van der Waals surface area contributed by atoms with Crippen LogP contribution < -0.4 is 21.7 Å². The van der Waals surface area contributed by atoms with Crippen molar-refractivity contribution in [2.24, 2.45) is 12.8 Å². The van der Waals surface area contributed by atoms with Gasteiger partial charge in [-0.2, -0.15) is 0 Å². The molecule has 6 rings (SSSR count). The summed E-state index contributed by atoms with van der Waals surface area (Å²) in [4.78, 5) is 104. The maximum atomic E-state index is 14.6. The Hall–Kier alpha value is -5.67. The predicted octanol–water partition coefficient (Wildman–Crippen LogP) is 2.72. The van der Waals surface area contributed by atoms with Crippen molar-refractivity contribution in [3.05, 3.63) is 107 Å². The van der Waals surface area contributed by atoms with E-state index in [9.17, 15) is 43.1 Å². The molecule has 0 aliphatic carbocycles. The predicted molar refractivity (Wildman–Crippen MR) is 219 cm³/mol. The zero-order valence-electron chi connectivity index (χ0n) is 33.1. The number of primary amides is 1. The van der Waals surface area contributed by atoms with Gasteiger partial charge < -0.3 is 40.9 Å². The molecule has 0 spiro atoms. The fourth-order valence-corrected chi connectivity index (χ4v) is 8.52. The Bertz CT molecular complexity index is 2240. The second kappa shape index (κ2) is 18.1. The molecule has 0 bridgehead atoms. The van der Waals surface area contributed by atoms with Crippen LogP contribution in [0.1, 0.15) is 84.0 Å². The van der Waals surface area contributed by atoms with Crippen molar-refractivity contribution < 1.29 is 43.1 Å². The Morgan fingerprint density at radius 3 is 2.12 bits per heavy atom. The van der Waals surface area contributed by atoms with E-state index in [0.717, 1.165) is 11.1 Å². The van der Waals surface area contributed by atoms with Crippen molar-refractivity contribution >= 4 is 53.6 Å². The van der Waals surface area contributed by atoms with Gasteiger partial charge in [0.25, 0.3) is 11.4 Å². The lowest BCUT2D eigenvalue weighted by molar-refractivity contribution is -0.144. The van der Waals surface area contributed by atoms with Gasteiger partial charge in [-0.3, -0.25) is 38.2 Å². The Kier molecular flexibility index (Phi) is 13.2. The number of aryl methyl sites for hydroxylation is 1. The van der Waals surface area contributed by atoms with Crippen molar-refractivity contribution in [2.75, 3.05) is 13.1 Å². The molecule has 2 aliphatic heterocycles. The molecular formula is C42H50N7O9P. The Morgan fingerprint density at radius 1 is 0.881 bits per heavy atom. The van der Waals surface area contributed by atoms with Gasteiger partial charge in [0.05, 0.1) is 6.04 Å². The maximum absolute atomic E-state index is 14.6. The van der Waals surface area contributed by atoms with E-state index in [-0.39, 0.29) is 42.7 Å². The number of carbonyl (C=O) groups excluding carboxylic acids is 6. The van der Waals surface area contributed by atoms with Crippen LogP contribution in [0.5, 0.6) is 0 Å². The molecule has 7 N–H and O–H groups in total. The first-order chi connectivity index (χ1) is 28.0. The third-order valence-electron chi connectivity index (χ3n) is 11.2. The van der Waals surface area contributed by atoms with Gasteiger partial charge in [0.2, 0.25) is 23.6 Å².